The van der Waals surface area contributed by atoms with Crippen molar-refractivity contribution >= 4 is 17.3 Å². The van der Waals surface area contributed by atoms with Crippen LogP contribution in [0.4, 0.5) is 11.4 Å². The molecule has 0 saturated carbocycles. The number of carbonyl (C=O) groups is 1. The second kappa shape index (κ2) is 8.76. The number of nitrogens with one attached hydrogen (secondary N) is 1. The number of benzene rings is 2. The minimum atomic E-state index is 0.0321. The first-order valence-electron chi connectivity index (χ1n) is 10.2. The van der Waals surface area contributed by atoms with E-state index < -0.39 is 0 Å². The Morgan fingerprint density at radius 3 is 2.68 bits per heavy atom. The van der Waals surface area contributed by atoms with Crippen molar-refractivity contribution in [3.63, 3.8) is 0 Å². The Morgan fingerprint density at radius 1 is 1.14 bits per heavy atom. The molecule has 0 spiro atoms. The highest BCUT2D eigenvalue weighted by atomic mass is 16.5. The molecule has 28 heavy (non-hydrogen) atoms. The molecule has 4 rings (SSSR count). The van der Waals surface area contributed by atoms with Gasteiger partial charge in [0, 0.05) is 30.5 Å². The van der Waals surface area contributed by atoms with Crippen LogP contribution in [-0.4, -0.2) is 50.7 Å². The number of rotatable bonds is 5. The summed E-state index contributed by atoms with van der Waals surface area (Å²) in [5, 5.41) is 3.04. The zero-order valence-corrected chi connectivity index (χ0v) is 16.6. The second-order valence-corrected chi connectivity index (χ2v) is 7.72. The summed E-state index contributed by atoms with van der Waals surface area (Å²) in [6.45, 7) is 3.77. The van der Waals surface area contributed by atoms with Crippen molar-refractivity contribution < 1.29 is 9.53 Å². The van der Waals surface area contributed by atoms with E-state index >= 15 is 0 Å². The van der Waals surface area contributed by atoms with Gasteiger partial charge in [0.25, 0.3) is 0 Å². The summed E-state index contributed by atoms with van der Waals surface area (Å²) >= 11 is 0. The molecule has 1 amide bonds. The van der Waals surface area contributed by atoms with E-state index in [1.54, 1.807) is 0 Å². The molecule has 1 N–H and O–H groups in total. The molecule has 2 aliphatic rings. The van der Waals surface area contributed by atoms with Crippen molar-refractivity contribution in [2.24, 2.45) is 0 Å². The summed E-state index contributed by atoms with van der Waals surface area (Å²) in [5.41, 5.74) is 4.82. The number of hydrogen-bond donors (Lipinski definition) is 1. The number of aryl methyl sites for hydroxylation is 1. The third kappa shape index (κ3) is 4.37. The molecule has 0 radical (unpaired) electrons. The molecule has 1 fully saturated rings. The smallest absolute Gasteiger partial charge is 0.238 e. The highest BCUT2D eigenvalue weighted by molar-refractivity contribution is 5.92. The maximum Gasteiger partial charge on any atom is 0.238 e. The molecule has 0 bridgehead atoms. The molecule has 1 aliphatic heterocycles. The minimum absolute atomic E-state index is 0.0321. The maximum absolute atomic E-state index is 12.6. The Hall–Kier alpha value is -2.37. The van der Waals surface area contributed by atoms with E-state index in [4.69, 9.17) is 4.74 Å². The van der Waals surface area contributed by atoms with Crippen molar-refractivity contribution in [1.82, 2.24) is 4.90 Å². The molecule has 0 aromatic heterocycles. The molecule has 5 heteroatoms. The van der Waals surface area contributed by atoms with E-state index in [9.17, 15) is 4.79 Å². The van der Waals surface area contributed by atoms with Gasteiger partial charge in [-0.15, -0.1) is 0 Å². The molecule has 1 aliphatic carbocycles. The first kappa shape index (κ1) is 19.0. The van der Waals surface area contributed by atoms with Gasteiger partial charge in [0.05, 0.1) is 19.8 Å². The van der Waals surface area contributed by atoms with Crippen molar-refractivity contribution in [3.05, 3.63) is 59.7 Å². The van der Waals surface area contributed by atoms with Crippen LogP contribution >= 0.6 is 0 Å². The fraction of sp³-hybridized carbons (Fsp3) is 0.435. The molecule has 0 unspecified atom stereocenters. The molecular weight excluding hydrogens is 350 g/mol. The molecule has 2 aromatic carbocycles. The number of hydrogen-bond acceptors (Lipinski definition) is 4. The molecule has 1 saturated heterocycles. The van der Waals surface area contributed by atoms with Crippen molar-refractivity contribution in [3.8, 4) is 0 Å². The third-order valence-electron chi connectivity index (χ3n) is 5.79. The van der Waals surface area contributed by atoms with E-state index in [1.807, 2.05) is 19.2 Å². The van der Waals surface area contributed by atoms with Gasteiger partial charge in [0.2, 0.25) is 5.91 Å². The summed E-state index contributed by atoms with van der Waals surface area (Å²) in [7, 11) is 2.05. The first-order valence-corrected chi connectivity index (χ1v) is 10.2. The fourth-order valence-corrected chi connectivity index (χ4v) is 4.30. The number of nitrogens with zero attached hydrogens (tertiary/aromatic N) is 2. The van der Waals surface area contributed by atoms with Crippen LogP contribution in [0.3, 0.4) is 0 Å². The van der Waals surface area contributed by atoms with Crippen LogP contribution in [0.5, 0.6) is 0 Å². The first-order chi connectivity index (χ1) is 13.7. The fourth-order valence-electron chi connectivity index (χ4n) is 4.30. The SMILES string of the molecule is CN(CC(=O)Nc1ccc(N2CCOCC2)cc1)[C@@H]1CCCc2ccccc21. The van der Waals surface area contributed by atoms with Gasteiger partial charge in [-0.25, -0.2) is 0 Å². The standard InChI is InChI=1S/C23H29N3O2/c1-25(22-8-4-6-18-5-2-3-7-21(18)22)17-23(27)24-19-9-11-20(12-10-19)26-13-15-28-16-14-26/h2-3,5,7,9-12,22H,4,6,8,13-17H2,1H3,(H,24,27)/t22-/m1/s1. The lowest BCUT2D eigenvalue weighted by Gasteiger charge is -2.33. The lowest BCUT2D eigenvalue weighted by atomic mass is 9.87. The Balaban J connectivity index is 1.34. The molecule has 148 valence electrons. The monoisotopic (exact) mass is 379 g/mol. The Morgan fingerprint density at radius 2 is 1.89 bits per heavy atom. The van der Waals surface area contributed by atoms with Crippen LogP contribution in [-0.2, 0) is 16.0 Å². The minimum Gasteiger partial charge on any atom is -0.378 e. The largest absolute Gasteiger partial charge is 0.378 e. The maximum atomic E-state index is 12.6. The zero-order chi connectivity index (χ0) is 19.3. The van der Waals surface area contributed by atoms with Crippen LogP contribution in [0.2, 0.25) is 0 Å². The predicted molar refractivity (Wildman–Crippen MR) is 113 cm³/mol. The highest BCUT2D eigenvalue weighted by Gasteiger charge is 2.24. The van der Waals surface area contributed by atoms with Crippen LogP contribution in [0, 0.1) is 0 Å². The molecule has 5 nitrogen and oxygen atoms in total. The van der Waals surface area contributed by atoms with Gasteiger partial charge < -0.3 is 15.0 Å². The van der Waals surface area contributed by atoms with Gasteiger partial charge in [-0.2, -0.15) is 0 Å². The zero-order valence-electron chi connectivity index (χ0n) is 16.6. The summed E-state index contributed by atoms with van der Waals surface area (Å²) < 4.78 is 5.40. The average molecular weight is 380 g/mol. The number of fused-ring (bicyclic) bond motifs is 1. The Labute approximate surface area is 167 Å². The van der Waals surface area contributed by atoms with Gasteiger partial charge >= 0.3 is 0 Å². The quantitative estimate of drug-likeness (QED) is 0.864. The lowest BCUT2D eigenvalue weighted by Crippen LogP contribution is -2.36. The van der Waals surface area contributed by atoms with Gasteiger partial charge in [0.1, 0.15) is 0 Å². The van der Waals surface area contributed by atoms with E-state index in [0.29, 0.717) is 12.6 Å². The normalized spacial score (nSPS) is 19.4. The molecule has 1 atom stereocenters. The second-order valence-electron chi connectivity index (χ2n) is 7.72. The van der Waals surface area contributed by atoms with E-state index in [0.717, 1.165) is 44.8 Å². The van der Waals surface area contributed by atoms with Crippen LogP contribution in [0.15, 0.2) is 48.5 Å². The summed E-state index contributed by atoms with van der Waals surface area (Å²) in [6, 6.07) is 17.1. The number of morpholine rings is 1. The van der Waals surface area contributed by atoms with Gasteiger partial charge in [-0.1, -0.05) is 24.3 Å². The number of likely N-dealkylation sites (N-methyl/N-ethyl adjacent to an activating group) is 1. The predicted octanol–water partition coefficient (Wildman–Crippen LogP) is 3.47. The van der Waals surface area contributed by atoms with Crippen LogP contribution in [0.1, 0.15) is 30.0 Å². The number of anilines is 2. The lowest BCUT2D eigenvalue weighted by molar-refractivity contribution is -0.117. The van der Waals surface area contributed by atoms with Crippen LogP contribution in [0.25, 0.3) is 0 Å². The number of carbonyl (C=O) groups excluding carboxylic acids is 1. The Kier molecular flexibility index (Phi) is 5.93. The van der Waals surface area contributed by atoms with Crippen molar-refractivity contribution in [1.29, 1.82) is 0 Å². The topological polar surface area (TPSA) is 44.8 Å². The van der Waals surface area contributed by atoms with Crippen molar-refractivity contribution in [2.75, 3.05) is 50.1 Å². The highest BCUT2D eigenvalue weighted by Crippen LogP contribution is 2.33. The summed E-state index contributed by atoms with van der Waals surface area (Å²) in [5.74, 6) is 0.0321. The Bertz CT molecular complexity index is 800. The summed E-state index contributed by atoms with van der Waals surface area (Å²) in [4.78, 5) is 17.1. The van der Waals surface area contributed by atoms with Gasteiger partial charge in [0.15, 0.2) is 0 Å². The van der Waals surface area contributed by atoms with Crippen LogP contribution < -0.4 is 10.2 Å². The molecular formula is C23H29N3O2. The van der Waals surface area contributed by atoms with E-state index in [2.05, 4.69) is 51.5 Å². The third-order valence-corrected chi connectivity index (χ3v) is 5.79. The number of ether oxygens (including phenoxy) is 1. The molecule has 2 aromatic rings. The summed E-state index contributed by atoms with van der Waals surface area (Å²) in [6.07, 6.45) is 3.42. The van der Waals surface area contributed by atoms with E-state index in [1.165, 1.54) is 23.2 Å². The average Bonchev–Trinajstić information content (AvgIpc) is 2.74. The van der Waals surface area contributed by atoms with Crippen molar-refractivity contribution in [2.45, 2.75) is 25.3 Å². The number of amides is 1. The van der Waals surface area contributed by atoms with E-state index in [-0.39, 0.29) is 5.91 Å². The van der Waals surface area contributed by atoms with Gasteiger partial charge in [-0.3, -0.25) is 9.69 Å². The molecule has 1 heterocycles. The van der Waals surface area contributed by atoms with Gasteiger partial charge in [-0.05, 0) is 61.7 Å².